The van der Waals surface area contributed by atoms with Gasteiger partial charge in [-0.25, -0.2) is 8.78 Å². The summed E-state index contributed by atoms with van der Waals surface area (Å²) in [6.07, 6.45) is 4.79. The van der Waals surface area contributed by atoms with E-state index in [0.717, 1.165) is 17.7 Å². The van der Waals surface area contributed by atoms with Crippen molar-refractivity contribution in [3.8, 4) is 0 Å². The number of hydrogen-bond donors (Lipinski definition) is 2. The van der Waals surface area contributed by atoms with Crippen LogP contribution in [0.1, 0.15) is 5.56 Å². The monoisotopic (exact) mass is 292 g/mol. The molecule has 0 unspecified atom stereocenters. The summed E-state index contributed by atoms with van der Waals surface area (Å²) >= 11 is 4.93. The van der Waals surface area contributed by atoms with Gasteiger partial charge in [0.2, 0.25) is 0 Å². The van der Waals surface area contributed by atoms with Crippen LogP contribution in [0.3, 0.4) is 0 Å². The Morgan fingerprint density at radius 1 is 1.30 bits per heavy atom. The molecular formula is C13H10F2N4S. The van der Waals surface area contributed by atoms with E-state index in [1.54, 1.807) is 18.5 Å². The maximum absolute atomic E-state index is 13.4. The lowest BCUT2D eigenvalue weighted by Gasteiger charge is -2.07. The lowest BCUT2D eigenvalue weighted by molar-refractivity contribution is 0.586. The normalized spacial score (nSPS) is 10.5. The minimum absolute atomic E-state index is 0.0699. The average molecular weight is 292 g/mol. The molecule has 0 fully saturated rings. The second kappa shape index (κ2) is 6.67. The van der Waals surface area contributed by atoms with Crippen molar-refractivity contribution in [1.29, 1.82) is 0 Å². The fraction of sp³-hybridized carbons (Fsp3) is 0. The third-order valence-electron chi connectivity index (χ3n) is 2.24. The standard InChI is InChI=1S/C13H10F2N4S/c14-10-3-4-12(11(15)6-10)18-13(20)19-17-8-9-2-1-5-16-7-9/h1-8H,(H2,18,19,20)/b17-8+. The summed E-state index contributed by atoms with van der Waals surface area (Å²) in [5, 5.41) is 6.54. The van der Waals surface area contributed by atoms with Gasteiger partial charge in [0.15, 0.2) is 5.11 Å². The Labute approximate surface area is 119 Å². The topological polar surface area (TPSA) is 49.3 Å². The van der Waals surface area contributed by atoms with Crippen LogP contribution >= 0.6 is 12.2 Å². The summed E-state index contributed by atoms with van der Waals surface area (Å²) in [7, 11) is 0. The van der Waals surface area contributed by atoms with Crippen LogP contribution in [0.15, 0.2) is 47.8 Å². The van der Waals surface area contributed by atoms with Gasteiger partial charge in [0, 0.05) is 24.0 Å². The highest BCUT2D eigenvalue weighted by Gasteiger charge is 2.04. The van der Waals surface area contributed by atoms with Crippen LogP contribution < -0.4 is 10.7 Å². The third kappa shape index (κ3) is 4.06. The summed E-state index contributed by atoms with van der Waals surface area (Å²) in [4.78, 5) is 3.92. The van der Waals surface area contributed by atoms with Gasteiger partial charge >= 0.3 is 0 Å². The largest absolute Gasteiger partial charge is 0.329 e. The van der Waals surface area contributed by atoms with E-state index in [-0.39, 0.29) is 10.8 Å². The number of halogens is 2. The van der Waals surface area contributed by atoms with Crippen LogP contribution in [-0.4, -0.2) is 16.3 Å². The van der Waals surface area contributed by atoms with E-state index < -0.39 is 11.6 Å². The molecule has 1 aromatic carbocycles. The molecule has 0 aliphatic rings. The summed E-state index contributed by atoms with van der Waals surface area (Å²) in [6.45, 7) is 0. The fourth-order valence-corrected chi connectivity index (χ4v) is 1.52. The number of hydrazone groups is 1. The van der Waals surface area contributed by atoms with Crippen LogP contribution in [0.4, 0.5) is 14.5 Å². The highest BCUT2D eigenvalue weighted by atomic mass is 32.1. The van der Waals surface area contributed by atoms with Crippen molar-refractivity contribution in [1.82, 2.24) is 10.4 Å². The second-order valence-corrected chi connectivity index (χ2v) is 4.14. The molecule has 2 rings (SSSR count). The number of thiocarbonyl (C=S) groups is 1. The molecule has 0 aliphatic carbocycles. The van der Waals surface area contributed by atoms with Crippen molar-refractivity contribution in [3.05, 3.63) is 59.9 Å². The number of rotatable bonds is 3. The van der Waals surface area contributed by atoms with E-state index >= 15 is 0 Å². The highest BCUT2D eigenvalue weighted by molar-refractivity contribution is 7.80. The van der Waals surface area contributed by atoms with Gasteiger partial charge in [-0.3, -0.25) is 10.4 Å². The Morgan fingerprint density at radius 2 is 2.15 bits per heavy atom. The van der Waals surface area contributed by atoms with E-state index in [4.69, 9.17) is 12.2 Å². The SMILES string of the molecule is Fc1ccc(NC(=S)N/N=C/c2cccnc2)c(F)c1. The molecule has 0 atom stereocenters. The molecule has 1 aromatic heterocycles. The first kappa shape index (κ1) is 14.0. The number of benzene rings is 1. The first-order chi connectivity index (χ1) is 9.65. The molecule has 0 aliphatic heterocycles. The lowest BCUT2D eigenvalue weighted by Crippen LogP contribution is -2.24. The molecule has 7 heteroatoms. The Morgan fingerprint density at radius 3 is 2.85 bits per heavy atom. The molecule has 0 radical (unpaired) electrons. The molecule has 0 saturated carbocycles. The Kier molecular flexibility index (Phi) is 4.67. The molecule has 20 heavy (non-hydrogen) atoms. The summed E-state index contributed by atoms with van der Waals surface area (Å²) in [5.74, 6) is -1.38. The van der Waals surface area contributed by atoms with Gasteiger partial charge in [-0.1, -0.05) is 6.07 Å². The van der Waals surface area contributed by atoms with Crippen molar-refractivity contribution in [2.75, 3.05) is 5.32 Å². The number of aromatic nitrogens is 1. The first-order valence-corrected chi connectivity index (χ1v) is 6.01. The van der Waals surface area contributed by atoms with Gasteiger partial charge in [-0.15, -0.1) is 0 Å². The zero-order valence-electron chi connectivity index (χ0n) is 10.2. The van der Waals surface area contributed by atoms with Crippen molar-refractivity contribution in [2.24, 2.45) is 5.10 Å². The zero-order chi connectivity index (χ0) is 14.4. The number of hydrogen-bond acceptors (Lipinski definition) is 3. The van der Waals surface area contributed by atoms with Crippen molar-refractivity contribution >= 4 is 29.2 Å². The quantitative estimate of drug-likeness (QED) is 0.519. The third-order valence-corrected chi connectivity index (χ3v) is 2.44. The lowest BCUT2D eigenvalue weighted by atomic mass is 10.3. The minimum Gasteiger partial charge on any atom is -0.329 e. The molecule has 0 saturated heterocycles. The van der Waals surface area contributed by atoms with Crippen molar-refractivity contribution in [3.63, 3.8) is 0 Å². The van der Waals surface area contributed by atoms with Crippen LogP contribution in [-0.2, 0) is 0 Å². The number of nitrogens with zero attached hydrogens (tertiary/aromatic N) is 2. The van der Waals surface area contributed by atoms with Crippen LogP contribution in [0.25, 0.3) is 0 Å². The average Bonchev–Trinajstić information content (AvgIpc) is 2.43. The molecule has 2 N–H and O–H groups in total. The van der Waals surface area contributed by atoms with Crippen LogP contribution in [0.2, 0.25) is 0 Å². The van der Waals surface area contributed by atoms with E-state index in [1.807, 2.05) is 6.07 Å². The maximum atomic E-state index is 13.4. The summed E-state index contributed by atoms with van der Waals surface area (Å²) < 4.78 is 26.1. The van der Waals surface area contributed by atoms with Gasteiger partial charge in [0.25, 0.3) is 0 Å². The van der Waals surface area contributed by atoms with Gasteiger partial charge in [-0.2, -0.15) is 5.10 Å². The summed E-state index contributed by atoms with van der Waals surface area (Å²) in [6, 6.07) is 6.74. The second-order valence-electron chi connectivity index (χ2n) is 3.73. The Bertz CT molecular complexity index is 632. The van der Waals surface area contributed by atoms with E-state index in [2.05, 4.69) is 20.8 Å². The van der Waals surface area contributed by atoms with Gasteiger partial charge < -0.3 is 5.32 Å². The van der Waals surface area contributed by atoms with Crippen molar-refractivity contribution < 1.29 is 8.78 Å². The molecule has 0 spiro atoms. The number of anilines is 1. The highest BCUT2D eigenvalue weighted by Crippen LogP contribution is 2.14. The van der Waals surface area contributed by atoms with Gasteiger partial charge in [-0.05, 0) is 30.4 Å². The molecule has 1 heterocycles. The molecule has 102 valence electrons. The Hall–Kier alpha value is -2.41. The first-order valence-electron chi connectivity index (χ1n) is 5.60. The van der Waals surface area contributed by atoms with E-state index in [0.29, 0.717) is 0 Å². The van der Waals surface area contributed by atoms with Gasteiger partial charge in [0.05, 0.1) is 11.9 Å². The fourth-order valence-electron chi connectivity index (χ4n) is 1.36. The number of pyridine rings is 1. The predicted molar refractivity (Wildman–Crippen MR) is 77.5 cm³/mol. The van der Waals surface area contributed by atoms with E-state index in [1.165, 1.54) is 12.3 Å². The molecule has 2 aromatic rings. The van der Waals surface area contributed by atoms with E-state index in [9.17, 15) is 8.78 Å². The van der Waals surface area contributed by atoms with Crippen LogP contribution in [0, 0.1) is 11.6 Å². The van der Waals surface area contributed by atoms with Crippen LogP contribution in [0.5, 0.6) is 0 Å². The summed E-state index contributed by atoms with van der Waals surface area (Å²) in [5.41, 5.74) is 3.38. The molecular weight excluding hydrogens is 282 g/mol. The smallest absolute Gasteiger partial charge is 0.191 e. The molecule has 0 bridgehead atoms. The van der Waals surface area contributed by atoms with Gasteiger partial charge in [0.1, 0.15) is 11.6 Å². The number of nitrogens with one attached hydrogen (secondary N) is 2. The predicted octanol–water partition coefficient (Wildman–Crippen LogP) is 2.68. The zero-order valence-corrected chi connectivity index (χ0v) is 11.0. The van der Waals surface area contributed by atoms with Crippen molar-refractivity contribution in [2.45, 2.75) is 0 Å². The maximum Gasteiger partial charge on any atom is 0.191 e. The molecule has 4 nitrogen and oxygen atoms in total. The molecule has 0 amide bonds. The minimum atomic E-state index is -0.731. The Balaban J connectivity index is 1.91.